The van der Waals surface area contributed by atoms with Gasteiger partial charge in [0.15, 0.2) is 0 Å². The van der Waals surface area contributed by atoms with E-state index in [-0.39, 0.29) is 11.9 Å². The molecule has 1 aliphatic rings. The molecule has 2 heterocycles. The number of aromatic nitrogens is 4. The second kappa shape index (κ2) is 10.9. The van der Waals surface area contributed by atoms with Crippen molar-refractivity contribution >= 4 is 33.9 Å². The van der Waals surface area contributed by atoms with Gasteiger partial charge in [-0.15, -0.1) is 5.10 Å². The molecular formula is C31H27ClFN7. The number of hydrogen-bond acceptors (Lipinski definition) is 6. The van der Waals surface area contributed by atoms with Gasteiger partial charge in [0, 0.05) is 17.3 Å². The first-order valence-corrected chi connectivity index (χ1v) is 13.7. The first-order valence-electron chi connectivity index (χ1n) is 13.3. The summed E-state index contributed by atoms with van der Waals surface area (Å²) >= 11 is 6.77. The van der Waals surface area contributed by atoms with E-state index in [0.29, 0.717) is 39.2 Å². The molecule has 0 radical (unpaired) electrons. The molecule has 200 valence electrons. The average Bonchev–Trinajstić information content (AvgIpc) is 3.72. The van der Waals surface area contributed by atoms with Gasteiger partial charge in [-0.2, -0.15) is 5.26 Å². The average molecular weight is 552 g/mol. The van der Waals surface area contributed by atoms with Gasteiger partial charge in [0.2, 0.25) is 0 Å². The van der Waals surface area contributed by atoms with Crippen molar-refractivity contribution < 1.29 is 4.39 Å². The molecule has 0 saturated heterocycles. The largest absolute Gasteiger partial charge is 0.377 e. The van der Waals surface area contributed by atoms with Crippen LogP contribution in [0.3, 0.4) is 0 Å². The van der Waals surface area contributed by atoms with Crippen LogP contribution in [0.25, 0.3) is 10.9 Å². The van der Waals surface area contributed by atoms with Gasteiger partial charge in [-0.25, -0.2) is 9.07 Å². The molecule has 1 saturated carbocycles. The SMILES string of the molecule is CC[C@@H](Nc1c(C#N)cnc2c(Cl)cc(NC(c3ccc(F)cc3)c3cn(C4CC4)nn3)cc12)c1ccccc1. The summed E-state index contributed by atoms with van der Waals surface area (Å²) in [6.07, 6.45) is 6.48. The first-order chi connectivity index (χ1) is 19.5. The molecule has 40 heavy (non-hydrogen) atoms. The lowest BCUT2D eigenvalue weighted by molar-refractivity contribution is 0.610. The molecule has 6 rings (SSSR count). The van der Waals surface area contributed by atoms with Crippen LogP contribution in [0.5, 0.6) is 0 Å². The zero-order chi connectivity index (χ0) is 27.6. The summed E-state index contributed by atoms with van der Waals surface area (Å²) in [5.74, 6) is -0.312. The van der Waals surface area contributed by atoms with Crippen molar-refractivity contribution in [2.45, 2.75) is 44.3 Å². The van der Waals surface area contributed by atoms with Gasteiger partial charge < -0.3 is 10.6 Å². The number of nitrogens with one attached hydrogen (secondary N) is 2. The predicted octanol–water partition coefficient (Wildman–Crippen LogP) is 7.59. The molecule has 0 spiro atoms. The highest BCUT2D eigenvalue weighted by molar-refractivity contribution is 6.35. The number of rotatable bonds is 9. The lowest BCUT2D eigenvalue weighted by Crippen LogP contribution is -2.14. The molecule has 2 aromatic heterocycles. The van der Waals surface area contributed by atoms with Gasteiger partial charge in [0.1, 0.15) is 17.6 Å². The van der Waals surface area contributed by atoms with Gasteiger partial charge in [0.25, 0.3) is 0 Å². The Morgan fingerprint density at radius 3 is 2.55 bits per heavy atom. The van der Waals surface area contributed by atoms with Crippen LogP contribution in [0.2, 0.25) is 5.02 Å². The molecule has 2 N–H and O–H groups in total. The molecule has 7 nitrogen and oxygen atoms in total. The van der Waals surface area contributed by atoms with E-state index >= 15 is 0 Å². The third-order valence-electron chi connectivity index (χ3n) is 7.23. The van der Waals surface area contributed by atoms with E-state index in [0.717, 1.165) is 35.8 Å². The zero-order valence-corrected chi connectivity index (χ0v) is 22.6. The van der Waals surface area contributed by atoms with Gasteiger partial charge in [-0.3, -0.25) is 4.98 Å². The molecule has 9 heteroatoms. The van der Waals surface area contributed by atoms with E-state index in [1.54, 1.807) is 18.3 Å². The number of halogens is 2. The summed E-state index contributed by atoms with van der Waals surface area (Å²) in [6, 6.07) is 22.5. The Morgan fingerprint density at radius 2 is 1.85 bits per heavy atom. The van der Waals surface area contributed by atoms with Crippen molar-refractivity contribution in [1.82, 2.24) is 20.0 Å². The Bertz CT molecular complexity index is 1690. The monoisotopic (exact) mass is 551 g/mol. The van der Waals surface area contributed by atoms with Crippen molar-refractivity contribution in [2.24, 2.45) is 0 Å². The third-order valence-corrected chi connectivity index (χ3v) is 7.52. The lowest BCUT2D eigenvalue weighted by Gasteiger charge is -2.22. The molecule has 3 aromatic carbocycles. The van der Waals surface area contributed by atoms with Crippen molar-refractivity contribution in [3.05, 3.63) is 112 Å². The smallest absolute Gasteiger partial charge is 0.123 e. The van der Waals surface area contributed by atoms with Crippen LogP contribution in [0.4, 0.5) is 15.8 Å². The Morgan fingerprint density at radius 1 is 1.07 bits per heavy atom. The molecule has 0 aliphatic heterocycles. The highest BCUT2D eigenvalue weighted by atomic mass is 35.5. The number of fused-ring (bicyclic) bond motifs is 1. The number of hydrogen-bond donors (Lipinski definition) is 2. The second-order valence-corrected chi connectivity index (χ2v) is 10.4. The maximum atomic E-state index is 13.8. The van der Waals surface area contributed by atoms with Crippen LogP contribution in [-0.4, -0.2) is 20.0 Å². The van der Waals surface area contributed by atoms with Crippen LogP contribution in [-0.2, 0) is 0 Å². The minimum Gasteiger partial charge on any atom is -0.377 e. The zero-order valence-electron chi connectivity index (χ0n) is 21.9. The fourth-order valence-electron chi connectivity index (χ4n) is 4.95. The van der Waals surface area contributed by atoms with E-state index in [1.807, 2.05) is 41.2 Å². The van der Waals surface area contributed by atoms with Crippen molar-refractivity contribution in [3.63, 3.8) is 0 Å². The molecule has 5 aromatic rings. The number of nitrogens with zero attached hydrogens (tertiary/aromatic N) is 5. The number of nitriles is 1. The maximum Gasteiger partial charge on any atom is 0.123 e. The van der Waals surface area contributed by atoms with E-state index < -0.39 is 6.04 Å². The minimum atomic E-state index is -0.405. The summed E-state index contributed by atoms with van der Waals surface area (Å²) < 4.78 is 15.7. The molecule has 2 atom stereocenters. The minimum absolute atomic E-state index is 0.0151. The number of pyridine rings is 1. The van der Waals surface area contributed by atoms with Crippen LogP contribution in [0.15, 0.2) is 79.1 Å². The van der Waals surface area contributed by atoms with Crippen molar-refractivity contribution in [2.75, 3.05) is 10.6 Å². The Labute approximate surface area is 236 Å². The number of benzene rings is 3. The van der Waals surface area contributed by atoms with Crippen LogP contribution < -0.4 is 10.6 Å². The highest BCUT2D eigenvalue weighted by Crippen LogP contribution is 2.38. The molecule has 1 fully saturated rings. The predicted molar refractivity (Wildman–Crippen MR) is 155 cm³/mol. The Hall–Kier alpha value is -4.48. The Balaban J connectivity index is 1.42. The molecular weight excluding hydrogens is 525 g/mol. The maximum absolute atomic E-state index is 13.8. The summed E-state index contributed by atoms with van der Waals surface area (Å²) in [5.41, 5.74) is 5.07. The van der Waals surface area contributed by atoms with Crippen LogP contribution in [0.1, 0.15) is 66.7 Å². The van der Waals surface area contributed by atoms with Gasteiger partial charge >= 0.3 is 0 Å². The van der Waals surface area contributed by atoms with E-state index in [9.17, 15) is 9.65 Å². The topological polar surface area (TPSA) is 91.5 Å². The summed E-state index contributed by atoms with van der Waals surface area (Å²) in [7, 11) is 0. The lowest BCUT2D eigenvalue weighted by atomic mass is 10.0. The molecule has 1 unspecified atom stereocenters. The molecule has 0 bridgehead atoms. The number of anilines is 2. The van der Waals surface area contributed by atoms with E-state index in [4.69, 9.17) is 11.6 Å². The highest BCUT2D eigenvalue weighted by Gasteiger charge is 2.27. The molecule has 0 amide bonds. The standard InChI is InChI=1S/C31H27ClFN7/c1-2-27(19-6-4-3-5-7-19)37-29-21(16-34)17-35-31-25(29)14-23(15-26(31)32)36-30(20-8-10-22(33)11-9-20)28-18-40(39-38-28)24-12-13-24/h3-11,14-15,17-18,24,27,30,36H,2,12-13H2,1H3,(H,35,37)/t27-,30?/m1/s1. The van der Waals surface area contributed by atoms with Crippen LogP contribution >= 0.6 is 11.6 Å². The van der Waals surface area contributed by atoms with E-state index in [1.165, 1.54) is 12.1 Å². The summed E-state index contributed by atoms with van der Waals surface area (Å²) in [5, 5.41) is 27.0. The fourth-order valence-corrected chi connectivity index (χ4v) is 5.22. The first kappa shape index (κ1) is 25.8. The van der Waals surface area contributed by atoms with Gasteiger partial charge in [-0.1, -0.05) is 66.2 Å². The van der Waals surface area contributed by atoms with E-state index in [2.05, 4.69) is 51.1 Å². The van der Waals surface area contributed by atoms with Gasteiger partial charge in [0.05, 0.1) is 46.1 Å². The van der Waals surface area contributed by atoms with Crippen LogP contribution in [0, 0.1) is 17.1 Å². The van der Waals surface area contributed by atoms with Crippen molar-refractivity contribution in [3.8, 4) is 6.07 Å². The third kappa shape index (κ3) is 5.21. The van der Waals surface area contributed by atoms with Crippen molar-refractivity contribution in [1.29, 1.82) is 5.26 Å². The summed E-state index contributed by atoms with van der Waals surface area (Å²) in [4.78, 5) is 4.50. The fraction of sp³-hybridized carbons (Fsp3) is 0.226. The van der Waals surface area contributed by atoms with Gasteiger partial charge in [-0.05, 0) is 54.7 Å². The summed E-state index contributed by atoms with van der Waals surface area (Å²) in [6.45, 7) is 2.10. The molecule has 1 aliphatic carbocycles. The quantitative estimate of drug-likeness (QED) is 0.196. The normalized spacial score (nSPS) is 14.4. The second-order valence-electron chi connectivity index (χ2n) is 10.0. The Kier molecular flexibility index (Phi) is 7.06.